The molecule has 0 aliphatic carbocycles. The maximum atomic E-state index is 13.1. The van der Waals surface area contributed by atoms with E-state index in [1.807, 2.05) is 0 Å². The Hall–Kier alpha value is -1.85. The molecule has 1 aromatic heterocycles. The smallest absolute Gasteiger partial charge is 0.213 e. The van der Waals surface area contributed by atoms with Crippen molar-refractivity contribution >= 4 is 18.7 Å². The van der Waals surface area contributed by atoms with Crippen molar-refractivity contribution in [2.75, 3.05) is 0 Å². The van der Waals surface area contributed by atoms with Crippen molar-refractivity contribution in [2.24, 2.45) is 5.73 Å². The Kier molecular flexibility index (Phi) is 4.69. The highest BCUT2D eigenvalue weighted by Gasteiger charge is 2.29. The summed E-state index contributed by atoms with van der Waals surface area (Å²) in [5, 5.41) is 0. The topological polar surface area (TPSA) is 56.0 Å². The number of hydrogen-bond acceptors (Lipinski definition) is 3. The molecule has 0 spiro atoms. The predicted molar refractivity (Wildman–Crippen MR) is 68.9 cm³/mol. The van der Waals surface area contributed by atoms with E-state index in [9.17, 15) is 13.6 Å². The van der Waals surface area contributed by atoms with Crippen molar-refractivity contribution in [3.63, 3.8) is 0 Å². The van der Waals surface area contributed by atoms with Crippen LogP contribution in [-0.2, 0) is 10.3 Å². The average molecular weight is 285 g/mol. The predicted octanol–water partition coefficient (Wildman–Crippen LogP) is 2.18. The minimum absolute atomic E-state index is 0. The lowest BCUT2D eigenvalue weighted by Gasteiger charge is -2.24. The maximum absolute atomic E-state index is 13.1. The molecule has 1 heterocycles. The van der Waals surface area contributed by atoms with Crippen LogP contribution in [0.2, 0.25) is 0 Å². The van der Waals surface area contributed by atoms with E-state index in [0.29, 0.717) is 11.8 Å². The van der Waals surface area contributed by atoms with Crippen LogP contribution in [0.15, 0.2) is 42.6 Å². The number of nitrogens with zero attached hydrogens (tertiary/aromatic N) is 1. The Balaban J connectivity index is 0.00000180. The second-order valence-electron chi connectivity index (χ2n) is 3.86. The van der Waals surface area contributed by atoms with Gasteiger partial charge in [0, 0.05) is 6.20 Å². The first kappa shape index (κ1) is 15.2. The van der Waals surface area contributed by atoms with E-state index in [1.165, 1.54) is 36.5 Å². The summed E-state index contributed by atoms with van der Waals surface area (Å²) in [5.41, 5.74) is 5.10. The quantitative estimate of drug-likeness (QED) is 0.694. The number of benzene rings is 1. The molecule has 0 amide bonds. The summed E-state index contributed by atoms with van der Waals surface area (Å²) >= 11 is 0. The summed E-state index contributed by atoms with van der Waals surface area (Å²) in [7, 11) is 0. The standard InChI is InChI=1S/C13H10F2N2O.ClH/c14-11-3-1-9(2-4-11)13(16,8-18)10-5-6-17-12(15)7-10;/h1-8H,16H2;1H. The van der Waals surface area contributed by atoms with Gasteiger partial charge in [-0.05, 0) is 35.4 Å². The molecule has 1 aromatic carbocycles. The largest absolute Gasteiger partial charge is 0.312 e. The lowest BCUT2D eigenvalue weighted by Crippen LogP contribution is -2.39. The van der Waals surface area contributed by atoms with Gasteiger partial charge in [-0.3, -0.25) is 0 Å². The molecule has 2 aromatic rings. The number of pyridine rings is 1. The number of rotatable bonds is 3. The zero-order valence-electron chi connectivity index (χ0n) is 9.72. The molecule has 0 saturated carbocycles. The second kappa shape index (κ2) is 5.86. The van der Waals surface area contributed by atoms with Crippen LogP contribution in [0.1, 0.15) is 11.1 Å². The molecular formula is C13H11ClF2N2O. The number of hydrogen-bond donors (Lipinski definition) is 1. The van der Waals surface area contributed by atoms with E-state index in [0.717, 1.165) is 6.07 Å². The van der Waals surface area contributed by atoms with Gasteiger partial charge in [-0.2, -0.15) is 4.39 Å². The van der Waals surface area contributed by atoms with Crippen molar-refractivity contribution in [1.29, 1.82) is 0 Å². The second-order valence-corrected chi connectivity index (χ2v) is 3.86. The monoisotopic (exact) mass is 284 g/mol. The van der Waals surface area contributed by atoms with Gasteiger partial charge in [0.2, 0.25) is 5.95 Å². The fraction of sp³-hybridized carbons (Fsp3) is 0.0769. The molecular weight excluding hydrogens is 274 g/mol. The summed E-state index contributed by atoms with van der Waals surface area (Å²) < 4.78 is 25.9. The van der Waals surface area contributed by atoms with Gasteiger partial charge in [-0.25, -0.2) is 9.37 Å². The van der Waals surface area contributed by atoms with Crippen LogP contribution in [0.5, 0.6) is 0 Å². The van der Waals surface area contributed by atoms with E-state index in [-0.39, 0.29) is 18.0 Å². The molecule has 1 unspecified atom stereocenters. The van der Waals surface area contributed by atoms with Crippen molar-refractivity contribution < 1.29 is 13.6 Å². The van der Waals surface area contributed by atoms with E-state index in [4.69, 9.17) is 5.73 Å². The van der Waals surface area contributed by atoms with Gasteiger partial charge in [-0.15, -0.1) is 12.4 Å². The molecule has 6 heteroatoms. The summed E-state index contributed by atoms with van der Waals surface area (Å²) in [6, 6.07) is 7.69. The van der Waals surface area contributed by atoms with Gasteiger partial charge < -0.3 is 10.5 Å². The lowest BCUT2D eigenvalue weighted by atomic mass is 9.86. The zero-order valence-corrected chi connectivity index (χ0v) is 10.5. The number of carbonyl (C=O) groups excluding carboxylic acids is 1. The summed E-state index contributed by atoms with van der Waals surface area (Å²) in [5.74, 6) is -1.17. The van der Waals surface area contributed by atoms with Gasteiger partial charge in [0.1, 0.15) is 17.6 Å². The van der Waals surface area contributed by atoms with Crippen molar-refractivity contribution in [3.8, 4) is 0 Å². The molecule has 1 atom stereocenters. The molecule has 0 aliphatic rings. The molecule has 0 saturated heterocycles. The Bertz CT molecular complexity index is 577. The minimum Gasteiger partial charge on any atom is -0.312 e. The molecule has 2 rings (SSSR count). The van der Waals surface area contributed by atoms with Crippen molar-refractivity contribution in [1.82, 2.24) is 4.98 Å². The number of halogens is 3. The number of nitrogens with two attached hydrogens (primary N) is 1. The van der Waals surface area contributed by atoms with Gasteiger partial charge in [0.15, 0.2) is 0 Å². The molecule has 0 bridgehead atoms. The average Bonchev–Trinajstić information content (AvgIpc) is 2.38. The van der Waals surface area contributed by atoms with Crippen molar-refractivity contribution in [3.05, 3.63) is 65.5 Å². The van der Waals surface area contributed by atoms with Gasteiger partial charge >= 0.3 is 0 Å². The minimum atomic E-state index is -1.52. The first-order valence-corrected chi connectivity index (χ1v) is 5.19. The molecule has 100 valence electrons. The summed E-state index contributed by atoms with van der Waals surface area (Å²) in [6.45, 7) is 0. The normalized spacial score (nSPS) is 13.2. The van der Waals surface area contributed by atoms with Crippen LogP contribution >= 0.6 is 12.4 Å². The Morgan fingerprint density at radius 1 is 1.11 bits per heavy atom. The van der Waals surface area contributed by atoms with E-state index >= 15 is 0 Å². The van der Waals surface area contributed by atoms with Crippen molar-refractivity contribution in [2.45, 2.75) is 5.54 Å². The third kappa shape index (κ3) is 2.94. The molecule has 0 aliphatic heterocycles. The maximum Gasteiger partial charge on any atom is 0.213 e. The third-order valence-electron chi connectivity index (χ3n) is 2.71. The Labute approximate surface area is 114 Å². The van der Waals surface area contributed by atoms with E-state index in [2.05, 4.69) is 4.98 Å². The first-order valence-electron chi connectivity index (χ1n) is 5.19. The summed E-state index contributed by atoms with van der Waals surface area (Å²) in [6.07, 6.45) is 1.72. The van der Waals surface area contributed by atoms with Gasteiger partial charge in [-0.1, -0.05) is 12.1 Å². The SMILES string of the molecule is Cl.NC(C=O)(c1ccc(F)cc1)c1ccnc(F)c1. The van der Waals surface area contributed by atoms with E-state index < -0.39 is 17.3 Å². The Morgan fingerprint density at radius 3 is 2.26 bits per heavy atom. The molecule has 3 nitrogen and oxygen atoms in total. The summed E-state index contributed by atoms with van der Waals surface area (Å²) in [4.78, 5) is 14.7. The van der Waals surface area contributed by atoms with Gasteiger partial charge in [0.05, 0.1) is 0 Å². The number of carbonyl (C=O) groups is 1. The van der Waals surface area contributed by atoms with Crippen LogP contribution in [-0.4, -0.2) is 11.3 Å². The fourth-order valence-electron chi connectivity index (χ4n) is 1.69. The van der Waals surface area contributed by atoms with Gasteiger partial charge in [0.25, 0.3) is 0 Å². The lowest BCUT2D eigenvalue weighted by molar-refractivity contribution is -0.111. The fourth-order valence-corrected chi connectivity index (χ4v) is 1.69. The van der Waals surface area contributed by atoms with Crippen LogP contribution in [0.4, 0.5) is 8.78 Å². The molecule has 0 radical (unpaired) electrons. The highest BCUT2D eigenvalue weighted by Crippen LogP contribution is 2.25. The molecule has 2 N–H and O–H groups in total. The first-order chi connectivity index (χ1) is 8.56. The van der Waals surface area contributed by atoms with Crippen LogP contribution in [0.3, 0.4) is 0 Å². The van der Waals surface area contributed by atoms with Crippen LogP contribution in [0, 0.1) is 11.8 Å². The third-order valence-corrected chi connectivity index (χ3v) is 2.71. The van der Waals surface area contributed by atoms with E-state index in [1.54, 1.807) is 0 Å². The van der Waals surface area contributed by atoms with Crippen LogP contribution < -0.4 is 5.73 Å². The number of aldehydes is 1. The highest BCUT2D eigenvalue weighted by molar-refractivity contribution is 5.85. The van der Waals surface area contributed by atoms with Crippen LogP contribution in [0.25, 0.3) is 0 Å². The molecule has 0 fully saturated rings. The molecule has 19 heavy (non-hydrogen) atoms. The highest BCUT2D eigenvalue weighted by atomic mass is 35.5. The number of aromatic nitrogens is 1. The zero-order chi connectivity index (χ0) is 13.2. The Morgan fingerprint density at radius 2 is 1.74 bits per heavy atom.